The van der Waals surface area contributed by atoms with E-state index in [1.807, 2.05) is 31.2 Å². The fourth-order valence-electron chi connectivity index (χ4n) is 2.16. The number of hydrogen-bond donors (Lipinski definition) is 2. The third kappa shape index (κ3) is 2.64. The second kappa shape index (κ2) is 5.47. The largest absolute Gasteiger partial charge is 0.271 e. The highest BCUT2D eigenvalue weighted by atomic mass is 19.1. The van der Waals surface area contributed by atoms with E-state index in [1.54, 1.807) is 6.92 Å². The summed E-state index contributed by atoms with van der Waals surface area (Å²) in [5.41, 5.74) is 5.20. The van der Waals surface area contributed by atoms with Crippen LogP contribution in [0.5, 0.6) is 0 Å². The van der Waals surface area contributed by atoms with Crippen LogP contribution in [-0.4, -0.2) is 0 Å². The molecule has 1 atom stereocenters. The van der Waals surface area contributed by atoms with Crippen LogP contribution in [-0.2, 0) is 0 Å². The number of halogens is 2. The standard InChI is InChI=1S/C15H16F2N2/c1-9-5-3-4-6-11(9)15(19-18)12-7-10(2)13(16)8-14(12)17/h3-8,15,19H,18H2,1-2H3. The molecule has 0 spiro atoms. The topological polar surface area (TPSA) is 38.0 Å². The Morgan fingerprint density at radius 3 is 2.26 bits per heavy atom. The van der Waals surface area contributed by atoms with Crippen LogP contribution in [0.3, 0.4) is 0 Å². The molecule has 0 saturated carbocycles. The van der Waals surface area contributed by atoms with Gasteiger partial charge >= 0.3 is 0 Å². The molecule has 3 N–H and O–H groups in total. The Balaban J connectivity index is 2.55. The van der Waals surface area contributed by atoms with Gasteiger partial charge in [-0.2, -0.15) is 0 Å². The first kappa shape index (κ1) is 13.6. The van der Waals surface area contributed by atoms with Gasteiger partial charge in [-0.05, 0) is 36.6 Å². The Hall–Kier alpha value is -1.78. The van der Waals surface area contributed by atoms with Gasteiger partial charge in [0.25, 0.3) is 0 Å². The first-order valence-electron chi connectivity index (χ1n) is 6.01. The van der Waals surface area contributed by atoms with Gasteiger partial charge in [0.1, 0.15) is 11.6 Å². The molecular weight excluding hydrogens is 246 g/mol. The highest BCUT2D eigenvalue weighted by molar-refractivity contribution is 5.39. The zero-order valence-corrected chi connectivity index (χ0v) is 10.9. The van der Waals surface area contributed by atoms with Gasteiger partial charge in [-0.15, -0.1) is 0 Å². The van der Waals surface area contributed by atoms with Crippen LogP contribution in [0.25, 0.3) is 0 Å². The molecule has 0 aromatic heterocycles. The Morgan fingerprint density at radius 1 is 0.947 bits per heavy atom. The van der Waals surface area contributed by atoms with Gasteiger partial charge in [0.05, 0.1) is 6.04 Å². The first-order valence-corrected chi connectivity index (χ1v) is 6.01. The Bertz CT molecular complexity index is 597. The van der Waals surface area contributed by atoms with Crippen LogP contribution in [0.2, 0.25) is 0 Å². The first-order chi connectivity index (χ1) is 9.04. The van der Waals surface area contributed by atoms with Gasteiger partial charge in [-0.1, -0.05) is 24.3 Å². The number of aryl methyl sites for hydroxylation is 2. The van der Waals surface area contributed by atoms with Crippen molar-refractivity contribution in [3.05, 3.63) is 70.3 Å². The van der Waals surface area contributed by atoms with E-state index in [9.17, 15) is 8.78 Å². The highest BCUT2D eigenvalue weighted by Crippen LogP contribution is 2.27. The lowest BCUT2D eigenvalue weighted by atomic mass is 9.94. The average Bonchev–Trinajstić information content (AvgIpc) is 2.38. The van der Waals surface area contributed by atoms with Crippen molar-refractivity contribution in [3.63, 3.8) is 0 Å². The number of benzene rings is 2. The van der Waals surface area contributed by atoms with E-state index < -0.39 is 17.7 Å². The highest BCUT2D eigenvalue weighted by Gasteiger charge is 2.19. The van der Waals surface area contributed by atoms with Crippen molar-refractivity contribution in [3.8, 4) is 0 Å². The lowest BCUT2D eigenvalue weighted by molar-refractivity contribution is 0.537. The average molecular weight is 262 g/mol. The third-order valence-electron chi connectivity index (χ3n) is 3.26. The number of nitrogens with one attached hydrogen (secondary N) is 1. The van der Waals surface area contributed by atoms with Crippen molar-refractivity contribution < 1.29 is 8.78 Å². The van der Waals surface area contributed by atoms with Crippen LogP contribution in [0.15, 0.2) is 36.4 Å². The van der Waals surface area contributed by atoms with Crippen LogP contribution in [0.4, 0.5) is 8.78 Å². The van der Waals surface area contributed by atoms with Crippen LogP contribution in [0, 0.1) is 25.5 Å². The Labute approximate surface area is 111 Å². The molecule has 2 rings (SSSR count). The number of rotatable bonds is 3. The summed E-state index contributed by atoms with van der Waals surface area (Å²) in [4.78, 5) is 0. The number of hydrazine groups is 1. The summed E-state index contributed by atoms with van der Waals surface area (Å²) in [5, 5.41) is 0. The quantitative estimate of drug-likeness (QED) is 0.658. The lowest BCUT2D eigenvalue weighted by Crippen LogP contribution is -2.30. The van der Waals surface area contributed by atoms with E-state index in [-0.39, 0.29) is 0 Å². The van der Waals surface area contributed by atoms with Gasteiger partial charge in [-0.3, -0.25) is 5.84 Å². The molecule has 0 amide bonds. The predicted molar refractivity (Wildman–Crippen MR) is 71.4 cm³/mol. The normalized spacial score (nSPS) is 12.5. The molecule has 1 unspecified atom stereocenters. The molecule has 0 radical (unpaired) electrons. The maximum atomic E-state index is 13.9. The zero-order chi connectivity index (χ0) is 14.0. The number of nitrogens with two attached hydrogens (primary N) is 1. The monoisotopic (exact) mass is 262 g/mol. The minimum Gasteiger partial charge on any atom is -0.271 e. The fraction of sp³-hybridized carbons (Fsp3) is 0.200. The van der Waals surface area contributed by atoms with Crippen molar-refractivity contribution in [2.45, 2.75) is 19.9 Å². The summed E-state index contributed by atoms with van der Waals surface area (Å²) < 4.78 is 27.3. The van der Waals surface area contributed by atoms with Crippen LogP contribution < -0.4 is 11.3 Å². The van der Waals surface area contributed by atoms with Gasteiger partial charge < -0.3 is 0 Å². The minimum atomic E-state index is -0.602. The smallest absolute Gasteiger partial charge is 0.131 e. The lowest BCUT2D eigenvalue weighted by Gasteiger charge is -2.20. The molecule has 0 aliphatic heterocycles. The van der Waals surface area contributed by atoms with E-state index in [2.05, 4.69) is 5.43 Å². The second-order valence-corrected chi connectivity index (χ2v) is 4.58. The van der Waals surface area contributed by atoms with Crippen molar-refractivity contribution in [2.75, 3.05) is 0 Å². The van der Waals surface area contributed by atoms with Crippen molar-refractivity contribution in [1.82, 2.24) is 5.43 Å². The molecule has 100 valence electrons. The van der Waals surface area contributed by atoms with Crippen molar-refractivity contribution in [2.24, 2.45) is 5.84 Å². The summed E-state index contributed by atoms with van der Waals surface area (Å²) in [5.74, 6) is 4.40. The van der Waals surface area contributed by atoms with Crippen molar-refractivity contribution >= 4 is 0 Å². The van der Waals surface area contributed by atoms with E-state index >= 15 is 0 Å². The Kier molecular flexibility index (Phi) is 3.93. The molecule has 2 nitrogen and oxygen atoms in total. The Morgan fingerprint density at radius 2 is 1.63 bits per heavy atom. The summed E-state index contributed by atoms with van der Waals surface area (Å²) in [6, 6.07) is 9.45. The molecule has 2 aromatic carbocycles. The fourth-order valence-corrected chi connectivity index (χ4v) is 2.16. The maximum absolute atomic E-state index is 13.9. The third-order valence-corrected chi connectivity index (χ3v) is 3.26. The van der Waals surface area contributed by atoms with Crippen LogP contribution >= 0.6 is 0 Å². The van der Waals surface area contributed by atoms with E-state index in [1.165, 1.54) is 6.07 Å². The maximum Gasteiger partial charge on any atom is 0.131 e. The van der Waals surface area contributed by atoms with E-state index in [0.717, 1.165) is 17.2 Å². The molecular formula is C15H16F2N2. The van der Waals surface area contributed by atoms with Gasteiger partial charge in [-0.25, -0.2) is 14.2 Å². The molecule has 0 saturated heterocycles. The van der Waals surface area contributed by atoms with E-state index in [0.29, 0.717) is 11.1 Å². The summed E-state index contributed by atoms with van der Waals surface area (Å²) in [7, 11) is 0. The van der Waals surface area contributed by atoms with Crippen molar-refractivity contribution in [1.29, 1.82) is 0 Å². The molecule has 0 aliphatic rings. The summed E-state index contributed by atoms with van der Waals surface area (Å²) in [6.45, 7) is 3.53. The summed E-state index contributed by atoms with van der Waals surface area (Å²) >= 11 is 0. The van der Waals surface area contributed by atoms with Crippen LogP contribution in [0.1, 0.15) is 28.3 Å². The molecule has 4 heteroatoms. The second-order valence-electron chi connectivity index (χ2n) is 4.58. The van der Waals surface area contributed by atoms with Gasteiger partial charge in [0, 0.05) is 11.6 Å². The molecule has 19 heavy (non-hydrogen) atoms. The van der Waals surface area contributed by atoms with E-state index in [4.69, 9.17) is 5.84 Å². The molecule has 0 fully saturated rings. The molecule has 2 aromatic rings. The number of hydrogen-bond acceptors (Lipinski definition) is 2. The predicted octanol–water partition coefficient (Wildman–Crippen LogP) is 3.13. The molecule has 0 bridgehead atoms. The minimum absolute atomic E-state index is 0.343. The molecule has 0 aliphatic carbocycles. The van der Waals surface area contributed by atoms with Gasteiger partial charge in [0.15, 0.2) is 0 Å². The molecule has 0 heterocycles. The van der Waals surface area contributed by atoms with Gasteiger partial charge in [0.2, 0.25) is 0 Å². The zero-order valence-electron chi connectivity index (χ0n) is 10.9. The summed E-state index contributed by atoms with van der Waals surface area (Å²) in [6.07, 6.45) is 0. The SMILES string of the molecule is Cc1cc(C(NN)c2ccccc2C)c(F)cc1F.